The van der Waals surface area contributed by atoms with Gasteiger partial charge in [-0.25, -0.2) is 14.4 Å². The van der Waals surface area contributed by atoms with Crippen molar-refractivity contribution in [1.82, 2.24) is 29.3 Å². The van der Waals surface area contributed by atoms with Crippen LogP contribution in [-0.4, -0.2) is 73.4 Å². The molecule has 7 rings (SSSR count). The van der Waals surface area contributed by atoms with Gasteiger partial charge in [-0.1, -0.05) is 0 Å². The molecule has 1 amide bonds. The zero-order valence-electron chi connectivity index (χ0n) is 23.2. The number of aryl methyl sites for hydroxylation is 1. The number of nitrogens with one attached hydrogen (secondary N) is 1. The summed E-state index contributed by atoms with van der Waals surface area (Å²) in [6.45, 7) is 6.82. The number of hydrogen-bond donors (Lipinski definition) is 2. The first-order valence-electron chi connectivity index (χ1n) is 14.2. The lowest BCUT2D eigenvalue weighted by atomic mass is 9.99. The number of morpholine rings is 1. The van der Waals surface area contributed by atoms with E-state index >= 15 is 4.39 Å². The minimum absolute atomic E-state index is 0.0976. The van der Waals surface area contributed by atoms with Gasteiger partial charge in [-0.15, -0.1) is 0 Å². The van der Waals surface area contributed by atoms with Gasteiger partial charge in [0.15, 0.2) is 5.82 Å². The Balaban J connectivity index is 1.28. The molecule has 9 nitrogen and oxygen atoms in total. The molecule has 4 aromatic rings. The fraction of sp³-hybridized carbons (Fsp3) is 0.500. The average Bonchev–Trinajstić information content (AvgIpc) is 3.60. The molecule has 1 saturated carbocycles. The van der Waals surface area contributed by atoms with Crippen LogP contribution in [0.4, 0.5) is 4.39 Å². The monoisotopic (exact) mass is 546 g/mol. The molecule has 3 aromatic heterocycles. The highest BCUT2D eigenvalue weighted by atomic mass is 19.1. The molecule has 0 bridgehead atoms. The van der Waals surface area contributed by atoms with E-state index in [0.717, 1.165) is 49.1 Å². The van der Waals surface area contributed by atoms with E-state index in [2.05, 4.69) is 9.88 Å². The summed E-state index contributed by atoms with van der Waals surface area (Å²) in [5, 5.41) is 15.0. The molecule has 2 aliphatic heterocycles. The van der Waals surface area contributed by atoms with Crippen molar-refractivity contribution < 1.29 is 19.0 Å². The Morgan fingerprint density at radius 3 is 2.80 bits per heavy atom. The van der Waals surface area contributed by atoms with Crippen LogP contribution in [0, 0.1) is 11.7 Å². The Morgan fingerprint density at radius 1 is 1.20 bits per heavy atom. The number of likely N-dealkylation sites (tertiary alicyclic amines) is 1. The first-order chi connectivity index (χ1) is 19.2. The van der Waals surface area contributed by atoms with Gasteiger partial charge in [-0.3, -0.25) is 4.79 Å². The number of piperidine rings is 1. The van der Waals surface area contributed by atoms with Crippen LogP contribution in [0.5, 0.6) is 0 Å². The van der Waals surface area contributed by atoms with Gasteiger partial charge in [0.2, 0.25) is 0 Å². The molecule has 40 heavy (non-hydrogen) atoms. The number of aromatic nitrogens is 4. The van der Waals surface area contributed by atoms with Gasteiger partial charge in [0.25, 0.3) is 5.91 Å². The van der Waals surface area contributed by atoms with E-state index in [1.54, 1.807) is 29.4 Å². The number of benzene rings is 1. The maximum atomic E-state index is 15.6. The summed E-state index contributed by atoms with van der Waals surface area (Å²) in [4.78, 5) is 25.0. The van der Waals surface area contributed by atoms with Gasteiger partial charge in [0.05, 0.1) is 35.7 Å². The Hall–Kier alpha value is -3.34. The number of carbonyl (C=O) groups is 1. The van der Waals surface area contributed by atoms with Crippen LogP contribution in [0.3, 0.4) is 0 Å². The molecule has 2 atom stereocenters. The Bertz CT molecular complexity index is 1630. The van der Waals surface area contributed by atoms with Crippen molar-refractivity contribution in [2.24, 2.45) is 13.0 Å². The summed E-state index contributed by atoms with van der Waals surface area (Å²) in [6.07, 6.45) is 3.20. The number of amides is 1. The fourth-order valence-electron chi connectivity index (χ4n) is 6.19. The lowest BCUT2D eigenvalue weighted by Crippen LogP contribution is -2.59. The van der Waals surface area contributed by atoms with Gasteiger partial charge >= 0.3 is 0 Å². The van der Waals surface area contributed by atoms with Crippen molar-refractivity contribution in [3.63, 3.8) is 0 Å². The van der Waals surface area contributed by atoms with Gasteiger partial charge in [0.1, 0.15) is 22.6 Å². The van der Waals surface area contributed by atoms with Crippen molar-refractivity contribution in [2.75, 3.05) is 26.2 Å². The maximum absolute atomic E-state index is 15.6. The Kier molecular flexibility index (Phi) is 5.99. The predicted molar refractivity (Wildman–Crippen MR) is 149 cm³/mol. The van der Waals surface area contributed by atoms with Crippen molar-refractivity contribution in [3.8, 4) is 11.5 Å². The second kappa shape index (κ2) is 9.36. The first-order valence-corrected chi connectivity index (χ1v) is 14.2. The lowest BCUT2D eigenvalue weighted by Gasteiger charge is -2.41. The number of hydrogen-bond acceptors (Lipinski definition) is 6. The number of nitrogens with zero attached hydrogens (tertiary/aromatic N) is 5. The number of rotatable bonds is 5. The molecule has 3 fully saturated rings. The average molecular weight is 547 g/mol. The van der Waals surface area contributed by atoms with Crippen LogP contribution in [0.2, 0.25) is 0 Å². The number of carbonyl (C=O) groups excluding carboxylic acids is 1. The van der Waals surface area contributed by atoms with Crippen molar-refractivity contribution in [3.05, 3.63) is 47.4 Å². The standard InChI is InChI=1S/C30H35FN6O3/c1-30(2,39)25-7-6-18-14-23(37(27(18)34-25)15-17-4-5-17)28-33-21-13-19(12-20(31)26(21)35(28)3)29(38)36-10-8-24-22(16-36)32-9-11-40-24/h6-7,12-14,17,22,24,32,39H,4-5,8-11,15-16H2,1-3H3/t22?,24-/m1/s1. The summed E-state index contributed by atoms with van der Waals surface area (Å²) in [5.74, 6) is 0.519. The van der Waals surface area contributed by atoms with Crippen LogP contribution in [-0.2, 0) is 23.9 Å². The number of pyridine rings is 1. The fourth-order valence-corrected chi connectivity index (χ4v) is 6.19. The zero-order chi connectivity index (χ0) is 27.8. The second-order valence-corrected chi connectivity index (χ2v) is 12.1. The maximum Gasteiger partial charge on any atom is 0.254 e. The number of halogens is 1. The van der Waals surface area contributed by atoms with Crippen LogP contribution < -0.4 is 5.32 Å². The summed E-state index contributed by atoms with van der Waals surface area (Å²) >= 11 is 0. The lowest BCUT2D eigenvalue weighted by molar-refractivity contribution is -0.0383. The predicted octanol–water partition coefficient (Wildman–Crippen LogP) is 3.57. The molecular weight excluding hydrogens is 511 g/mol. The zero-order valence-corrected chi connectivity index (χ0v) is 23.2. The Labute approximate surface area is 231 Å². The summed E-state index contributed by atoms with van der Waals surface area (Å²) < 4.78 is 25.4. The van der Waals surface area contributed by atoms with E-state index in [1.165, 1.54) is 6.07 Å². The number of fused-ring (bicyclic) bond motifs is 3. The molecule has 0 radical (unpaired) electrons. The van der Waals surface area contributed by atoms with Crippen molar-refractivity contribution in [1.29, 1.82) is 0 Å². The third-order valence-electron chi connectivity index (χ3n) is 8.58. The van der Waals surface area contributed by atoms with Gasteiger partial charge in [-0.05, 0) is 69.4 Å². The third kappa shape index (κ3) is 4.38. The molecule has 3 aliphatic rings. The molecule has 10 heteroatoms. The van der Waals surface area contributed by atoms with E-state index in [-0.39, 0.29) is 18.1 Å². The molecule has 210 valence electrons. The van der Waals surface area contributed by atoms with Crippen molar-refractivity contribution >= 4 is 28.0 Å². The highest BCUT2D eigenvalue weighted by Crippen LogP contribution is 2.37. The Morgan fingerprint density at radius 2 is 2.02 bits per heavy atom. The van der Waals surface area contributed by atoms with E-state index in [1.807, 2.05) is 25.2 Å². The number of aliphatic hydroxyl groups is 1. The van der Waals surface area contributed by atoms with Crippen LogP contribution in [0.1, 0.15) is 49.2 Å². The summed E-state index contributed by atoms with van der Waals surface area (Å²) in [7, 11) is 1.81. The third-order valence-corrected chi connectivity index (χ3v) is 8.58. The molecule has 0 spiro atoms. The highest BCUT2D eigenvalue weighted by Gasteiger charge is 2.35. The van der Waals surface area contributed by atoms with E-state index < -0.39 is 11.4 Å². The molecule has 1 unspecified atom stereocenters. The minimum Gasteiger partial charge on any atom is -0.384 e. The molecular formula is C30H35FN6O3. The van der Waals surface area contributed by atoms with E-state index in [9.17, 15) is 9.90 Å². The molecule has 2 N–H and O–H groups in total. The molecule has 1 aromatic carbocycles. The van der Waals surface area contributed by atoms with Crippen molar-refractivity contribution in [2.45, 2.75) is 57.4 Å². The summed E-state index contributed by atoms with van der Waals surface area (Å²) in [5.41, 5.74) is 2.28. The largest absolute Gasteiger partial charge is 0.384 e. The molecule has 5 heterocycles. The van der Waals surface area contributed by atoms with E-state index in [0.29, 0.717) is 53.7 Å². The molecule has 1 aliphatic carbocycles. The smallest absolute Gasteiger partial charge is 0.254 e. The highest BCUT2D eigenvalue weighted by molar-refractivity contribution is 5.98. The second-order valence-electron chi connectivity index (χ2n) is 12.1. The van der Waals surface area contributed by atoms with E-state index in [4.69, 9.17) is 14.7 Å². The summed E-state index contributed by atoms with van der Waals surface area (Å²) in [6, 6.07) is 8.99. The van der Waals surface area contributed by atoms with Crippen LogP contribution in [0.25, 0.3) is 33.6 Å². The minimum atomic E-state index is -1.07. The van der Waals surface area contributed by atoms with Gasteiger partial charge < -0.3 is 29.2 Å². The number of imidazole rings is 1. The molecule has 2 saturated heterocycles. The van der Waals surface area contributed by atoms with Gasteiger partial charge in [0, 0.05) is 44.2 Å². The first kappa shape index (κ1) is 25.6. The van der Waals surface area contributed by atoms with Crippen LogP contribution >= 0.6 is 0 Å². The topological polar surface area (TPSA) is 97.4 Å². The van der Waals surface area contributed by atoms with Crippen LogP contribution in [0.15, 0.2) is 30.3 Å². The SMILES string of the molecule is Cn1c(-c2cc3ccc(C(C)(C)O)nc3n2CC2CC2)nc2cc(C(=O)N3CC[C@H]4OCCNC4C3)cc(F)c21. The normalized spacial score (nSPS) is 21.8. The quantitative estimate of drug-likeness (QED) is 0.397. The number of ether oxygens (including phenoxy) is 1. The van der Waals surface area contributed by atoms with Gasteiger partial charge in [-0.2, -0.15) is 0 Å².